The highest BCUT2D eigenvalue weighted by atomic mass is 16.5. The lowest BCUT2D eigenvalue weighted by Gasteiger charge is -2.41. The van der Waals surface area contributed by atoms with Crippen LogP contribution in [0.1, 0.15) is 22.3 Å². The molecule has 148 valence electrons. The van der Waals surface area contributed by atoms with E-state index in [2.05, 4.69) is 24.3 Å². The molecule has 2 aliphatic rings. The molecule has 2 atom stereocenters. The van der Waals surface area contributed by atoms with E-state index in [1.54, 1.807) is 6.08 Å². The zero-order chi connectivity index (χ0) is 20.9. The van der Waals surface area contributed by atoms with E-state index < -0.39 is 11.0 Å². The van der Waals surface area contributed by atoms with Crippen LogP contribution in [0.2, 0.25) is 0 Å². The van der Waals surface area contributed by atoms with Crippen molar-refractivity contribution in [2.75, 3.05) is 0 Å². The number of allylic oxidation sites excluding steroid dienone is 1. The Morgan fingerprint density at radius 3 is 1.81 bits per heavy atom. The first kappa shape index (κ1) is 17.9. The molecule has 4 aromatic carbocycles. The number of hydrogen-bond acceptors (Lipinski definition) is 2. The number of hydrogen-bond donors (Lipinski definition) is 0. The maximum atomic E-state index is 14.1. The topological polar surface area (TPSA) is 26.3 Å². The molecule has 2 heteroatoms. The molecular weight excluding hydrogens is 380 g/mol. The number of para-hydroxylation sites is 1. The van der Waals surface area contributed by atoms with Crippen molar-refractivity contribution in [3.8, 4) is 5.75 Å². The minimum Gasteiger partial charge on any atom is -0.476 e. The van der Waals surface area contributed by atoms with Crippen molar-refractivity contribution < 1.29 is 9.53 Å². The lowest BCUT2D eigenvalue weighted by molar-refractivity contribution is -0.120. The van der Waals surface area contributed by atoms with Gasteiger partial charge in [0, 0.05) is 16.7 Å². The number of fused-ring (bicyclic) bond motifs is 3. The first-order valence-corrected chi connectivity index (χ1v) is 10.5. The quantitative estimate of drug-likeness (QED) is 0.426. The van der Waals surface area contributed by atoms with Crippen molar-refractivity contribution in [1.82, 2.24) is 0 Å². The summed E-state index contributed by atoms with van der Waals surface area (Å²) in [5.74, 6) is 0.802. The summed E-state index contributed by atoms with van der Waals surface area (Å²) in [4.78, 5) is 14.1. The van der Waals surface area contributed by atoms with Gasteiger partial charge in [0.1, 0.15) is 11.2 Å². The molecule has 0 saturated carbocycles. The second kappa shape index (κ2) is 6.55. The van der Waals surface area contributed by atoms with Crippen LogP contribution in [0.25, 0.3) is 5.57 Å². The fourth-order valence-electron chi connectivity index (χ4n) is 5.40. The number of ketones is 1. The highest BCUT2D eigenvalue weighted by Crippen LogP contribution is 2.66. The summed E-state index contributed by atoms with van der Waals surface area (Å²) in [5.41, 5.74) is 2.73. The average Bonchev–Trinajstić information content (AvgIpc) is 3.30. The molecular formula is C29H20O2. The van der Waals surface area contributed by atoms with Crippen LogP contribution in [0.5, 0.6) is 5.75 Å². The van der Waals surface area contributed by atoms with E-state index in [1.807, 2.05) is 91.0 Å². The van der Waals surface area contributed by atoms with Gasteiger partial charge in [0.05, 0.1) is 0 Å². The fourth-order valence-corrected chi connectivity index (χ4v) is 5.40. The maximum absolute atomic E-state index is 14.1. The first-order valence-electron chi connectivity index (χ1n) is 10.5. The highest BCUT2D eigenvalue weighted by Gasteiger charge is 2.70. The third kappa shape index (κ3) is 2.19. The van der Waals surface area contributed by atoms with Gasteiger partial charge in [-0.05, 0) is 23.3 Å². The molecule has 1 aliphatic carbocycles. The number of ether oxygens (including phenoxy) is 1. The van der Waals surface area contributed by atoms with E-state index in [0.29, 0.717) is 0 Å². The van der Waals surface area contributed by atoms with Crippen molar-refractivity contribution in [1.29, 1.82) is 0 Å². The molecule has 0 amide bonds. The van der Waals surface area contributed by atoms with Crippen LogP contribution >= 0.6 is 0 Å². The van der Waals surface area contributed by atoms with E-state index in [1.165, 1.54) is 0 Å². The Bertz CT molecular complexity index is 1310. The number of carbonyl (C=O) groups excluding carboxylic acids is 1. The van der Waals surface area contributed by atoms with Gasteiger partial charge in [-0.3, -0.25) is 4.79 Å². The summed E-state index contributed by atoms with van der Waals surface area (Å²) in [7, 11) is 0. The number of benzene rings is 4. The Morgan fingerprint density at radius 2 is 1.13 bits per heavy atom. The third-order valence-electron chi connectivity index (χ3n) is 6.58. The van der Waals surface area contributed by atoms with Crippen LogP contribution in [0.3, 0.4) is 0 Å². The number of carbonyl (C=O) groups is 1. The van der Waals surface area contributed by atoms with Gasteiger partial charge in [-0.15, -0.1) is 0 Å². The molecule has 0 bridgehead atoms. The van der Waals surface area contributed by atoms with Gasteiger partial charge < -0.3 is 4.74 Å². The van der Waals surface area contributed by atoms with E-state index in [-0.39, 0.29) is 5.78 Å². The summed E-state index contributed by atoms with van der Waals surface area (Å²) in [6.45, 7) is 0. The van der Waals surface area contributed by atoms with Crippen molar-refractivity contribution in [2.45, 2.75) is 11.0 Å². The monoisotopic (exact) mass is 400 g/mol. The Morgan fingerprint density at radius 1 is 0.581 bits per heavy atom. The van der Waals surface area contributed by atoms with Gasteiger partial charge in [-0.2, -0.15) is 0 Å². The second-order valence-corrected chi connectivity index (χ2v) is 8.05. The van der Waals surface area contributed by atoms with Gasteiger partial charge >= 0.3 is 0 Å². The van der Waals surface area contributed by atoms with Crippen molar-refractivity contribution in [3.05, 3.63) is 144 Å². The predicted octanol–water partition coefficient (Wildman–Crippen LogP) is 5.93. The van der Waals surface area contributed by atoms with Crippen LogP contribution in [0.4, 0.5) is 0 Å². The number of rotatable bonds is 3. The van der Waals surface area contributed by atoms with Crippen molar-refractivity contribution >= 4 is 11.4 Å². The summed E-state index contributed by atoms with van der Waals surface area (Å²) in [6.07, 6.45) is 1.80. The van der Waals surface area contributed by atoms with Gasteiger partial charge in [0.2, 0.25) is 0 Å². The van der Waals surface area contributed by atoms with Gasteiger partial charge in [-0.25, -0.2) is 0 Å². The summed E-state index contributed by atoms with van der Waals surface area (Å²) in [6, 6.07) is 38.3. The minimum atomic E-state index is -0.989. The third-order valence-corrected chi connectivity index (χ3v) is 6.58. The van der Waals surface area contributed by atoms with E-state index >= 15 is 0 Å². The SMILES string of the molecule is O=C1C=C(c2ccccc2)[C@]2(c3ccccc3)Oc3ccccc3[C@]12c1ccccc1. The summed E-state index contributed by atoms with van der Waals surface area (Å²) >= 11 is 0. The molecule has 0 aromatic heterocycles. The first-order chi connectivity index (χ1) is 15.3. The zero-order valence-electron chi connectivity index (χ0n) is 16.9. The Kier molecular flexibility index (Phi) is 3.78. The normalized spacial score (nSPS) is 23.6. The molecule has 6 rings (SSSR count). The van der Waals surface area contributed by atoms with E-state index in [4.69, 9.17) is 4.74 Å². The minimum absolute atomic E-state index is 0.0476. The van der Waals surface area contributed by atoms with Crippen LogP contribution in [-0.4, -0.2) is 5.78 Å². The van der Waals surface area contributed by atoms with Crippen LogP contribution in [-0.2, 0) is 15.8 Å². The molecule has 4 aromatic rings. The summed E-state index contributed by atoms with van der Waals surface area (Å²) in [5, 5.41) is 0. The Labute approximate surface area is 181 Å². The standard InChI is InChI=1S/C29H20O2/c30-27-20-25(21-12-4-1-5-13-21)29(23-16-8-3-9-17-23)28(27,22-14-6-2-7-15-22)24-18-10-11-19-26(24)31-29/h1-20H/t28-,29+/m1/s1. The molecule has 1 heterocycles. The molecule has 0 unspecified atom stereocenters. The smallest absolute Gasteiger partial charge is 0.181 e. The molecule has 0 N–H and O–H groups in total. The van der Waals surface area contributed by atoms with Crippen LogP contribution in [0.15, 0.2) is 121 Å². The van der Waals surface area contributed by atoms with Crippen molar-refractivity contribution in [2.24, 2.45) is 0 Å². The van der Waals surface area contributed by atoms with Gasteiger partial charge in [-0.1, -0.05) is 109 Å². The molecule has 0 radical (unpaired) electrons. The van der Waals surface area contributed by atoms with Crippen molar-refractivity contribution in [3.63, 3.8) is 0 Å². The molecule has 1 aliphatic heterocycles. The summed E-state index contributed by atoms with van der Waals surface area (Å²) < 4.78 is 6.91. The second-order valence-electron chi connectivity index (χ2n) is 8.05. The highest BCUT2D eigenvalue weighted by molar-refractivity contribution is 6.16. The molecule has 2 nitrogen and oxygen atoms in total. The molecule has 0 fully saturated rings. The lowest BCUT2D eigenvalue weighted by atomic mass is 9.61. The van der Waals surface area contributed by atoms with E-state index in [0.717, 1.165) is 33.6 Å². The Balaban J connectivity index is 1.77. The van der Waals surface area contributed by atoms with Gasteiger partial charge in [0.15, 0.2) is 11.4 Å². The van der Waals surface area contributed by atoms with E-state index in [9.17, 15) is 4.79 Å². The van der Waals surface area contributed by atoms with Gasteiger partial charge in [0.25, 0.3) is 0 Å². The van der Waals surface area contributed by atoms with Crippen LogP contribution < -0.4 is 4.74 Å². The largest absolute Gasteiger partial charge is 0.476 e. The lowest BCUT2D eigenvalue weighted by Crippen LogP contribution is -2.51. The molecule has 0 spiro atoms. The average molecular weight is 400 g/mol. The molecule has 0 saturated heterocycles. The Hall–Kier alpha value is -3.91. The maximum Gasteiger partial charge on any atom is 0.181 e. The predicted molar refractivity (Wildman–Crippen MR) is 122 cm³/mol. The fraction of sp³-hybridized carbons (Fsp3) is 0.0690. The zero-order valence-corrected chi connectivity index (χ0v) is 16.9. The van der Waals surface area contributed by atoms with Crippen LogP contribution in [0, 0.1) is 0 Å². The molecule has 31 heavy (non-hydrogen) atoms.